The number of nitrogens with zero attached hydrogens (tertiary/aromatic N) is 3. The number of benzene rings is 2. The van der Waals surface area contributed by atoms with Crippen LogP contribution in [0.2, 0.25) is 0 Å². The first kappa shape index (κ1) is 21.6. The molecule has 0 radical (unpaired) electrons. The lowest BCUT2D eigenvalue weighted by molar-refractivity contribution is 0.0387. The molecule has 0 saturated carbocycles. The monoisotopic (exact) mass is 465 g/mol. The normalized spacial score (nSPS) is 18.2. The molecule has 0 saturated heterocycles. The molecule has 2 aliphatic heterocycles. The Bertz CT molecular complexity index is 1230. The van der Waals surface area contributed by atoms with Gasteiger partial charge in [-0.2, -0.15) is 0 Å². The van der Waals surface area contributed by atoms with E-state index in [0.29, 0.717) is 0 Å². The maximum Gasteiger partial charge on any atom is 0.277 e. The Morgan fingerprint density at radius 2 is 1.76 bits per heavy atom. The molecule has 5 rings (SSSR count). The topological polar surface area (TPSA) is 106 Å². The number of thioether (sulfide) groups is 1. The molecule has 0 fully saturated rings. The summed E-state index contributed by atoms with van der Waals surface area (Å²) in [6.45, 7) is -0.564. The molecule has 0 spiro atoms. The second-order valence-corrected chi connectivity index (χ2v) is 9.11. The quantitative estimate of drug-likeness (QED) is 0.538. The maximum atomic E-state index is 13.2. The van der Waals surface area contributed by atoms with E-state index in [4.69, 9.17) is 0 Å². The van der Waals surface area contributed by atoms with Crippen molar-refractivity contribution in [3.05, 3.63) is 93.4 Å². The molecule has 0 aliphatic carbocycles. The number of pyridine rings is 1. The predicted molar refractivity (Wildman–Crippen MR) is 124 cm³/mol. The van der Waals surface area contributed by atoms with Gasteiger partial charge in [-0.25, -0.2) is 0 Å². The zero-order valence-electron chi connectivity index (χ0n) is 17.7. The van der Waals surface area contributed by atoms with E-state index in [9.17, 15) is 24.9 Å². The van der Waals surface area contributed by atoms with E-state index in [1.807, 2.05) is 41.4 Å². The van der Waals surface area contributed by atoms with Gasteiger partial charge in [-0.15, -0.1) is 11.8 Å². The van der Waals surface area contributed by atoms with Gasteiger partial charge < -0.3 is 20.2 Å². The molecule has 2 unspecified atom stereocenters. The van der Waals surface area contributed by atoms with Gasteiger partial charge in [0, 0.05) is 22.9 Å². The summed E-state index contributed by atoms with van der Waals surface area (Å²) >= 11 is 1.73. The lowest BCUT2D eigenvalue weighted by Crippen LogP contribution is -2.57. The maximum absolute atomic E-state index is 13.2. The van der Waals surface area contributed by atoms with Crippen molar-refractivity contribution in [2.24, 2.45) is 0 Å². The number of carbonyl (C=O) groups is 1. The largest absolute Gasteiger partial charge is 0.502 e. The average Bonchev–Trinajstić information content (AvgIpc) is 3.00. The number of hydrogen-bond acceptors (Lipinski definition) is 7. The van der Waals surface area contributed by atoms with Crippen LogP contribution in [0, 0.1) is 0 Å². The lowest BCUT2D eigenvalue weighted by Gasteiger charge is -2.44. The molecular weight excluding hydrogens is 442 g/mol. The summed E-state index contributed by atoms with van der Waals surface area (Å²) in [5.74, 6) is -0.440. The second kappa shape index (κ2) is 8.58. The van der Waals surface area contributed by atoms with E-state index in [0.717, 1.165) is 27.3 Å². The van der Waals surface area contributed by atoms with Crippen molar-refractivity contribution in [3.8, 4) is 5.75 Å². The van der Waals surface area contributed by atoms with E-state index >= 15 is 0 Å². The summed E-state index contributed by atoms with van der Waals surface area (Å²) in [6.07, 6.45) is 0.349. The summed E-state index contributed by atoms with van der Waals surface area (Å²) in [5, 5.41) is 31.9. The highest BCUT2D eigenvalue weighted by Crippen LogP contribution is 2.42. The molecule has 33 heavy (non-hydrogen) atoms. The van der Waals surface area contributed by atoms with Crippen LogP contribution in [-0.4, -0.2) is 56.7 Å². The average molecular weight is 466 g/mol. The highest BCUT2D eigenvalue weighted by Gasteiger charge is 2.38. The predicted octanol–water partition coefficient (Wildman–Crippen LogP) is 1.65. The van der Waals surface area contributed by atoms with Gasteiger partial charge in [-0.3, -0.25) is 19.3 Å². The van der Waals surface area contributed by atoms with Crippen LogP contribution in [0.3, 0.4) is 0 Å². The van der Waals surface area contributed by atoms with Gasteiger partial charge in [0.15, 0.2) is 11.4 Å². The minimum atomic E-state index is -1.15. The standard InChI is InChI=1S/C24H23N3O5S/c28-12-16(29)11-25-14-27(26-10-9-19(30)23(31)22(26)24(25)32)21-17-6-2-1-5-15(17)13-33-20-8-4-3-7-18(20)21/h1-10,16,21,28-29,31H,11-14H2. The van der Waals surface area contributed by atoms with Gasteiger partial charge in [0.2, 0.25) is 5.43 Å². The number of aromatic nitrogens is 1. The highest BCUT2D eigenvalue weighted by molar-refractivity contribution is 7.98. The van der Waals surface area contributed by atoms with Crippen LogP contribution in [0.1, 0.15) is 33.2 Å². The van der Waals surface area contributed by atoms with Crippen molar-refractivity contribution in [1.82, 2.24) is 9.58 Å². The number of fused-ring (bicyclic) bond motifs is 3. The van der Waals surface area contributed by atoms with Gasteiger partial charge in [0.25, 0.3) is 5.91 Å². The summed E-state index contributed by atoms with van der Waals surface area (Å²) in [4.78, 5) is 27.9. The molecular formula is C24H23N3O5S. The van der Waals surface area contributed by atoms with Crippen molar-refractivity contribution < 1.29 is 20.1 Å². The number of β-amino-alcohol motifs (C(OH)–C–C–N with tert-alkyl or cyclic N) is 1. The summed E-state index contributed by atoms with van der Waals surface area (Å²) in [5.41, 5.74) is 2.42. The number of hydrogen-bond donors (Lipinski definition) is 3. The van der Waals surface area contributed by atoms with Crippen LogP contribution in [0.15, 0.2) is 70.5 Å². The van der Waals surface area contributed by atoms with Crippen molar-refractivity contribution in [3.63, 3.8) is 0 Å². The fraction of sp³-hybridized carbons (Fsp3) is 0.250. The molecule has 9 heteroatoms. The molecule has 8 nitrogen and oxygen atoms in total. The Kier molecular flexibility index (Phi) is 5.61. The number of carbonyl (C=O) groups excluding carboxylic acids is 1. The molecule has 2 aromatic carbocycles. The Morgan fingerprint density at radius 1 is 1.03 bits per heavy atom. The Balaban J connectivity index is 1.73. The van der Waals surface area contributed by atoms with Gasteiger partial charge in [0.05, 0.1) is 25.3 Å². The first-order valence-corrected chi connectivity index (χ1v) is 11.6. The highest BCUT2D eigenvalue weighted by atomic mass is 32.2. The smallest absolute Gasteiger partial charge is 0.277 e. The number of rotatable bonds is 4. The van der Waals surface area contributed by atoms with Crippen LogP contribution in [0.4, 0.5) is 0 Å². The number of aliphatic hydroxyl groups is 2. The van der Waals surface area contributed by atoms with Gasteiger partial charge >= 0.3 is 0 Å². The first-order chi connectivity index (χ1) is 16.0. The van der Waals surface area contributed by atoms with Crippen LogP contribution in [0.5, 0.6) is 5.75 Å². The van der Waals surface area contributed by atoms with Crippen molar-refractivity contribution in [1.29, 1.82) is 0 Å². The summed E-state index contributed by atoms with van der Waals surface area (Å²) in [6, 6.07) is 17.1. The van der Waals surface area contributed by atoms with Crippen molar-refractivity contribution in [2.75, 3.05) is 24.8 Å². The van der Waals surface area contributed by atoms with E-state index < -0.39 is 29.8 Å². The van der Waals surface area contributed by atoms with E-state index in [2.05, 4.69) is 12.1 Å². The number of aliphatic hydroxyl groups excluding tert-OH is 2. The van der Waals surface area contributed by atoms with E-state index in [1.54, 1.807) is 11.8 Å². The molecule has 2 aliphatic rings. The third-order valence-electron chi connectivity index (χ3n) is 6.02. The van der Waals surface area contributed by atoms with Gasteiger partial charge in [0.1, 0.15) is 6.67 Å². The zero-order chi connectivity index (χ0) is 23.1. The lowest BCUT2D eigenvalue weighted by atomic mass is 9.94. The fourth-order valence-corrected chi connectivity index (χ4v) is 5.56. The molecule has 1 amide bonds. The van der Waals surface area contributed by atoms with E-state index in [1.165, 1.54) is 21.8 Å². The molecule has 3 aromatic rings. The van der Waals surface area contributed by atoms with Crippen LogP contribution in [0.25, 0.3) is 0 Å². The van der Waals surface area contributed by atoms with Gasteiger partial charge in [-0.05, 0) is 22.8 Å². The summed E-state index contributed by atoms with van der Waals surface area (Å²) in [7, 11) is 0. The van der Waals surface area contributed by atoms with Crippen LogP contribution >= 0.6 is 11.8 Å². The molecule has 3 N–H and O–H groups in total. The van der Waals surface area contributed by atoms with Crippen molar-refractivity contribution in [2.45, 2.75) is 22.8 Å². The zero-order valence-corrected chi connectivity index (χ0v) is 18.5. The first-order valence-electron chi connectivity index (χ1n) is 10.6. The third-order valence-corrected chi connectivity index (χ3v) is 7.16. The molecule has 1 aromatic heterocycles. The SMILES string of the molecule is O=C1c2c(O)c(=O)ccn2N(C2c3ccccc3CSc3ccccc32)CN1CC(O)CO. The Morgan fingerprint density at radius 3 is 2.55 bits per heavy atom. The second-order valence-electron chi connectivity index (χ2n) is 8.09. The summed E-state index contributed by atoms with van der Waals surface area (Å²) < 4.78 is 1.54. The van der Waals surface area contributed by atoms with Crippen molar-refractivity contribution >= 4 is 17.7 Å². The Labute approximate surface area is 194 Å². The number of amides is 1. The molecule has 170 valence electrons. The Hall–Kier alpha value is -3.27. The molecule has 3 heterocycles. The number of aromatic hydroxyl groups is 1. The van der Waals surface area contributed by atoms with Crippen LogP contribution < -0.4 is 10.4 Å². The fourth-order valence-electron chi connectivity index (χ4n) is 4.46. The van der Waals surface area contributed by atoms with Gasteiger partial charge in [-0.1, -0.05) is 42.5 Å². The van der Waals surface area contributed by atoms with E-state index in [-0.39, 0.29) is 24.9 Å². The minimum absolute atomic E-state index is 0.0865. The minimum Gasteiger partial charge on any atom is -0.502 e. The van der Waals surface area contributed by atoms with Crippen LogP contribution in [-0.2, 0) is 5.75 Å². The molecule has 2 atom stereocenters. The molecule has 0 bridgehead atoms. The third kappa shape index (κ3) is 3.68.